The topological polar surface area (TPSA) is 247 Å². The summed E-state index contributed by atoms with van der Waals surface area (Å²) in [6.45, 7) is 0. The first-order valence-corrected chi connectivity index (χ1v) is 1.95. The molecule has 0 aliphatic rings. The van der Waals surface area contributed by atoms with E-state index in [9.17, 15) is 0 Å². The van der Waals surface area contributed by atoms with Crippen molar-refractivity contribution >= 4 is 60.6 Å². The molecule has 0 spiro atoms. The van der Waals surface area contributed by atoms with Crippen LogP contribution in [0.25, 0.3) is 0 Å². The molecule has 0 aromatic rings. The van der Waals surface area contributed by atoms with E-state index in [1.54, 1.807) is 0 Å². The molecule has 0 unspecified atom stereocenters. The Morgan fingerprint density at radius 1 is 0.727 bits per heavy atom. The predicted molar refractivity (Wildman–Crippen MR) is 39.7 cm³/mol. The van der Waals surface area contributed by atoms with E-state index in [1.165, 1.54) is 0 Å². The molecule has 0 fully saturated rings. The average molecular weight is 226 g/mol. The molecule has 74 valence electrons. The van der Waals surface area contributed by atoms with Gasteiger partial charge in [-0.1, -0.05) is 0 Å². The summed E-state index contributed by atoms with van der Waals surface area (Å²) in [5, 5.41) is 0. The number of hydrogen-bond donors (Lipinski definition) is 2. The van der Waals surface area contributed by atoms with Crippen molar-refractivity contribution in [2.45, 2.75) is 0 Å². The molecule has 11 heteroatoms. The second-order valence-electron chi connectivity index (χ2n) is 0.283. The molecule has 0 heterocycles. The van der Waals surface area contributed by atoms with Crippen molar-refractivity contribution in [2.75, 3.05) is 0 Å². The van der Waals surface area contributed by atoms with Crippen LogP contribution in [0.5, 0.6) is 0 Å². The fourth-order valence-electron chi connectivity index (χ4n) is 0. The zero-order valence-electron chi connectivity index (χ0n) is 4.80. The minimum atomic E-state index is -3.13. The summed E-state index contributed by atoms with van der Waals surface area (Å²) in [7, 11) is -3.13. The van der Waals surface area contributed by atoms with Crippen LogP contribution < -0.4 is 0 Å². The quantitative estimate of drug-likeness (QED) is 0.382. The van der Waals surface area contributed by atoms with Gasteiger partial charge in [-0.25, -0.2) is 0 Å². The van der Waals surface area contributed by atoms with Gasteiger partial charge in [-0.05, 0) is 0 Å². The van der Waals surface area contributed by atoms with Crippen molar-refractivity contribution in [3.05, 3.63) is 0 Å². The van der Waals surface area contributed by atoms with Gasteiger partial charge in [-0.3, -0.25) is 4.46 Å². The van der Waals surface area contributed by atoms with Gasteiger partial charge in [0.05, 0.1) is 0 Å². The summed E-state index contributed by atoms with van der Waals surface area (Å²) in [6.07, 6.45) is 0. The van der Waals surface area contributed by atoms with E-state index in [2.05, 4.69) is 0 Å². The van der Waals surface area contributed by atoms with Gasteiger partial charge < -0.3 is 42.4 Å². The molecule has 0 bridgehead atoms. The number of hydrogen-bond acceptors (Lipinski definition) is 1. The zero-order valence-corrected chi connectivity index (χ0v) is 5.80. The van der Waals surface area contributed by atoms with Crippen LogP contribution in [0.3, 0.4) is 0 Å². The Morgan fingerprint density at radius 2 is 0.727 bits per heavy atom. The molecular weight excluding hydrogens is 211 g/mol. The van der Waals surface area contributed by atoms with Crippen molar-refractivity contribution in [2.24, 2.45) is 0 Å². The Morgan fingerprint density at radius 3 is 0.727 bits per heavy atom. The van der Waals surface area contributed by atoms with E-state index in [0.717, 1.165) is 0 Å². The van der Waals surface area contributed by atoms with Gasteiger partial charge in [-0.2, -0.15) is 0 Å². The summed E-state index contributed by atoms with van der Waals surface area (Å²) >= 11 is 0. The van der Waals surface area contributed by atoms with E-state index in [1.807, 2.05) is 0 Å². The Hall–Kier alpha value is 1.01. The Labute approximate surface area is 106 Å². The Kier molecular flexibility index (Phi) is 564. The number of rotatable bonds is 0. The monoisotopic (exact) mass is 226 g/mol. The molecule has 0 saturated carbocycles. The molecule has 0 atom stereocenters. The molecule has 14 N–H and O–H groups in total. The molecule has 0 aromatic heterocycles. The normalized spacial score (nSPS) is 2.18. The van der Waals surface area contributed by atoms with Crippen LogP contribution in [0.4, 0.5) is 0 Å². The molecule has 0 saturated heterocycles. The van der Waals surface area contributed by atoms with Gasteiger partial charge in [0, 0.05) is 0 Å². The third-order valence-corrected chi connectivity index (χ3v) is 0. The molecule has 9 nitrogen and oxygen atoms in total. The zero-order chi connectivity index (χ0) is 3.58. The van der Waals surface area contributed by atoms with E-state index in [-0.39, 0.29) is 84.2 Å². The van der Waals surface area contributed by atoms with Crippen molar-refractivity contribution in [3.8, 4) is 0 Å². The average Bonchev–Trinajstić information content (AvgIpc) is 0.811. The maximum atomic E-state index is 8.74. The van der Waals surface area contributed by atoms with Crippen LogP contribution in [-0.2, 0) is 4.46 Å². The van der Waals surface area contributed by atoms with Gasteiger partial charge >= 0.3 is 60.6 Å². The molecule has 0 radical (unpaired) electrons. The van der Waals surface area contributed by atoms with Gasteiger partial charge in [-0.15, -0.1) is 0 Å². The van der Waals surface area contributed by atoms with Crippen molar-refractivity contribution in [1.29, 1.82) is 0 Å². The first-order valence-electron chi connectivity index (χ1n) is 0.651. The third-order valence-electron chi connectivity index (χ3n) is 0. The fraction of sp³-hybridized carbons (Fsp3) is 0. The van der Waals surface area contributed by atoms with Gasteiger partial charge in [0.1, 0.15) is 0 Å². The van der Waals surface area contributed by atoms with Crippen molar-refractivity contribution < 1.29 is 46.9 Å². The van der Waals surface area contributed by atoms with Crippen LogP contribution in [0.2, 0.25) is 0 Å². The molecule has 0 aliphatic carbocycles. The second-order valence-corrected chi connectivity index (χ2v) is 0.848. The second kappa shape index (κ2) is 68.6. The molecular formula is H15KO9Si. The maximum absolute atomic E-state index is 8.74. The van der Waals surface area contributed by atoms with Crippen LogP contribution in [0.1, 0.15) is 0 Å². The van der Waals surface area contributed by atoms with E-state index >= 15 is 0 Å². The first kappa shape index (κ1) is 90.5. The van der Waals surface area contributed by atoms with Gasteiger partial charge in [0.2, 0.25) is 0 Å². The van der Waals surface area contributed by atoms with E-state index in [4.69, 9.17) is 14.1 Å². The van der Waals surface area contributed by atoms with Crippen molar-refractivity contribution in [3.63, 3.8) is 0 Å². The molecule has 0 aliphatic heterocycles. The van der Waals surface area contributed by atoms with Crippen LogP contribution in [0.15, 0.2) is 0 Å². The summed E-state index contributed by atoms with van der Waals surface area (Å²) in [6, 6.07) is 0. The summed E-state index contributed by atoms with van der Waals surface area (Å²) in [4.78, 5) is 14.3. The minimum absolute atomic E-state index is 0. The van der Waals surface area contributed by atoms with Crippen LogP contribution in [0, 0.1) is 0 Å². The Bertz CT molecular complexity index is 32.5. The van der Waals surface area contributed by atoms with Crippen molar-refractivity contribution in [1.82, 2.24) is 0 Å². The van der Waals surface area contributed by atoms with E-state index < -0.39 is 9.17 Å². The SMILES string of the molecule is O.O.O.O.O.O.O=[Si](O)O.[KH]. The van der Waals surface area contributed by atoms with Gasteiger partial charge in [0.15, 0.2) is 0 Å². The Balaban J connectivity index is -0.00000000214. The summed E-state index contributed by atoms with van der Waals surface area (Å²) in [5.74, 6) is 0. The standard InChI is InChI=1S/K.H2O3Si.6H2O.H/c;1-4(2)3;;;;;;;/h;1-2H;6*1H2;. The molecule has 11 heavy (non-hydrogen) atoms. The summed E-state index contributed by atoms with van der Waals surface area (Å²) in [5.41, 5.74) is 0. The van der Waals surface area contributed by atoms with Crippen LogP contribution in [-0.4, -0.2) is 103 Å². The third kappa shape index (κ3) is 871. The molecule has 0 amide bonds. The summed E-state index contributed by atoms with van der Waals surface area (Å²) < 4.78 is 8.74. The molecule has 0 rings (SSSR count). The van der Waals surface area contributed by atoms with Crippen LogP contribution >= 0.6 is 0 Å². The predicted octanol–water partition coefficient (Wildman–Crippen LogP) is -7.21. The fourth-order valence-corrected chi connectivity index (χ4v) is 0. The molecule has 0 aromatic carbocycles. The van der Waals surface area contributed by atoms with Gasteiger partial charge in [0.25, 0.3) is 0 Å². The first-order chi connectivity index (χ1) is 1.73. The van der Waals surface area contributed by atoms with E-state index in [0.29, 0.717) is 0 Å².